The van der Waals surface area contributed by atoms with Crippen LogP contribution in [0, 0.1) is 0 Å². The first-order chi connectivity index (χ1) is 12.1. The molecule has 2 heterocycles. The first-order valence-electron chi connectivity index (χ1n) is 7.87. The van der Waals surface area contributed by atoms with E-state index < -0.39 is 0 Å². The molecule has 7 nitrogen and oxygen atoms in total. The number of fused-ring (bicyclic) bond motifs is 1. The quantitative estimate of drug-likeness (QED) is 0.486. The van der Waals surface area contributed by atoms with Gasteiger partial charge in [-0.2, -0.15) is 4.68 Å². The first-order valence-corrected chi connectivity index (χ1v) is 9.23. The molecule has 1 aromatic carbocycles. The predicted octanol–water partition coefficient (Wildman–Crippen LogP) is 2.82. The molecule has 25 heavy (non-hydrogen) atoms. The van der Waals surface area contributed by atoms with E-state index in [1.54, 1.807) is 21.7 Å². The zero-order valence-corrected chi connectivity index (χ0v) is 15.5. The molecule has 0 unspecified atom stereocenters. The van der Waals surface area contributed by atoms with Crippen LogP contribution in [0.15, 0.2) is 35.6 Å². The maximum absolute atomic E-state index is 12.2. The topological polar surface area (TPSA) is 76.8 Å². The zero-order chi connectivity index (χ0) is 17.8. The van der Waals surface area contributed by atoms with Crippen molar-refractivity contribution in [3.05, 3.63) is 35.6 Å². The van der Waals surface area contributed by atoms with Crippen LogP contribution in [0.5, 0.6) is 0 Å². The van der Waals surface area contributed by atoms with E-state index in [0.29, 0.717) is 40.1 Å². The first kappa shape index (κ1) is 17.6. The van der Waals surface area contributed by atoms with Crippen LogP contribution >= 0.6 is 23.4 Å². The van der Waals surface area contributed by atoms with Crippen molar-refractivity contribution in [3.8, 4) is 5.69 Å². The summed E-state index contributed by atoms with van der Waals surface area (Å²) < 4.78 is 1.61. The monoisotopic (exact) mass is 376 g/mol. The van der Waals surface area contributed by atoms with Gasteiger partial charge < -0.3 is 4.90 Å². The molecule has 0 aliphatic heterocycles. The Hall–Kier alpha value is -2.19. The molecule has 3 rings (SSSR count). The smallest absolute Gasteiger partial charge is 0.232 e. The number of carbonyl (C=O) groups is 1. The molecule has 0 radical (unpaired) electrons. The van der Waals surface area contributed by atoms with Crippen molar-refractivity contribution in [2.75, 3.05) is 18.8 Å². The maximum atomic E-state index is 12.2. The second-order valence-electron chi connectivity index (χ2n) is 5.19. The largest absolute Gasteiger partial charge is 0.343 e. The molecule has 0 spiro atoms. The number of hydrogen-bond acceptors (Lipinski definition) is 6. The minimum atomic E-state index is 0.0731. The third-order valence-corrected chi connectivity index (χ3v) is 4.90. The lowest BCUT2D eigenvalue weighted by Gasteiger charge is -2.17. The molecule has 0 saturated carbocycles. The van der Waals surface area contributed by atoms with Gasteiger partial charge in [-0.25, -0.2) is 9.97 Å². The minimum absolute atomic E-state index is 0.0731. The number of rotatable bonds is 6. The van der Waals surface area contributed by atoms with Gasteiger partial charge in [0.15, 0.2) is 11.2 Å². The molecule has 3 aromatic rings. The number of amides is 1. The number of thioether (sulfide) groups is 1. The average Bonchev–Trinajstić information content (AvgIpc) is 3.05. The summed E-state index contributed by atoms with van der Waals surface area (Å²) in [6, 6.07) is 7.29. The maximum Gasteiger partial charge on any atom is 0.232 e. The molecule has 0 aliphatic carbocycles. The van der Waals surface area contributed by atoms with Crippen molar-refractivity contribution in [2.45, 2.75) is 18.9 Å². The summed E-state index contributed by atoms with van der Waals surface area (Å²) in [4.78, 5) is 22.5. The molecule has 9 heteroatoms. The molecule has 130 valence electrons. The van der Waals surface area contributed by atoms with Gasteiger partial charge in [-0.05, 0) is 32.0 Å². The predicted molar refractivity (Wildman–Crippen MR) is 98.1 cm³/mol. The highest BCUT2D eigenvalue weighted by Crippen LogP contribution is 2.25. The van der Waals surface area contributed by atoms with Gasteiger partial charge in [-0.15, -0.1) is 5.10 Å². The highest BCUT2D eigenvalue weighted by atomic mass is 35.5. The van der Waals surface area contributed by atoms with E-state index in [1.165, 1.54) is 18.1 Å². The van der Waals surface area contributed by atoms with Crippen molar-refractivity contribution >= 4 is 40.4 Å². The minimum Gasteiger partial charge on any atom is -0.343 e. The van der Waals surface area contributed by atoms with Crippen molar-refractivity contribution < 1.29 is 4.79 Å². The Balaban J connectivity index is 1.88. The second-order valence-corrected chi connectivity index (χ2v) is 6.59. The van der Waals surface area contributed by atoms with Crippen LogP contribution in [0.1, 0.15) is 13.8 Å². The Kier molecular flexibility index (Phi) is 5.50. The molecule has 2 aromatic heterocycles. The van der Waals surface area contributed by atoms with Crippen molar-refractivity contribution in [1.82, 2.24) is 29.9 Å². The van der Waals surface area contributed by atoms with Crippen LogP contribution in [0.2, 0.25) is 5.02 Å². The number of benzene rings is 1. The second kappa shape index (κ2) is 7.79. The summed E-state index contributed by atoms with van der Waals surface area (Å²) >= 11 is 7.39. The van der Waals surface area contributed by atoms with Gasteiger partial charge in [-0.1, -0.05) is 34.6 Å². The Morgan fingerprint density at radius 1 is 1.28 bits per heavy atom. The van der Waals surface area contributed by atoms with E-state index in [4.69, 9.17) is 11.6 Å². The van der Waals surface area contributed by atoms with Crippen LogP contribution in [0.3, 0.4) is 0 Å². The number of halogens is 1. The third kappa shape index (κ3) is 3.74. The molecule has 0 N–H and O–H groups in total. The fourth-order valence-electron chi connectivity index (χ4n) is 2.41. The molecular formula is C16H17ClN6OS. The molecule has 0 fully saturated rings. The third-order valence-electron chi connectivity index (χ3n) is 3.71. The summed E-state index contributed by atoms with van der Waals surface area (Å²) in [5.74, 6) is 0.377. The van der Waals surface area contributed by atoms with Crippen LogP contribution in [0.4, 0.5) is 0 Å². The lowest BCUT2D eigenvalue weighted by Crippen LogP contribution is -2.31. The van der Waals surface area contributed by atoms with Gasteiger partial charge in [-0.3, -0.25) is 4.79 Å². The fraction of sp³-hybridized carbons (Fsp3) is 0.312. The van der Waals surface area contributed by atoms with Crippen molar-refractivity contribution in [2.24, 2.45) is 0 Å². The van der Waals surface area contributed by atoms with Crippen LogP contribution in [-0.2, 0) is 4.79 Å². The van der Waals surface area contributed by atoms with E-state index in [-0.39, 0.29) is 5.91 Å². The lowest BCUT2D eigenvalue weighted by atomic mass is 10.3. The standard InChI is InChI=1S/C16H17ClN6OS/c1-3-22(4-2)13(24)9-25-16-14-15(18-10-19-16)23(21-20-14)12-7-5-6-11(17)8-12/h5-8,10H,3-4,9H2,1-2H3. The zero-order valence-electron chi connectivity index (χ0n) is 13.9. The summed E-state index contributed by atoms with van der Waals surface area (Å²) in [7, 11) is 0. The number of carbonyl (C=O) groups excluding carboxylic acids is 1. The molecule has 0 saturated heterocycles. The van der Waals surface area contributed by atoms with Gasteiger partial charge in [0.05, 0.1) is 11.4 Å². The van der Waals surface area contributed by atoms with E-state index in [0.717, 1.165) is 5.69 Å². The number of hydrogen-bond donors (Lipinski definition) is 0. The summed E-state index contributed by atoms with van der Waals surface area (Å²) in [5, 5.41) is 9.59. The van der Waals surface area contributed by atoms with Crippen LogP contribution < -0.4 is 0 Å². The van der Waals surface area contributed by atoms with E-state index in [1.807, 2.05) is 26.0 Å². The molecular weight excluding hydrogens is 360 g/mol. The Labute approximate surface area is 154 Å². The lowest BCUT2D eigenvalue weighted by molar-refractivity contribution is -0.127. The molecule has 1 amide bonds. The Morgan fingerprint density at radius 3 is 2.80 bits per heavy atom. The van der Waals surface area contributed by atoms with Crippen molar-refractivity contribution in [1.29, 1.82) is 0 Å². The summed E-state index contributed by atoms with van der Waals surface area (Å²) in [6.07, 6.45) is 1.46. The van der Waals surface area contributed by atoms with Crippen LogP contribution in [0.25, 0.3) is 16.9 Å². The molecule has 0 atom stereocenters. The van der Waals surface area contributed by atoms with Gasteiger partial charge in [0.1, 0.15) is 11.4 Å². The number of aromatic nitrogens is 5. The van der Waals surface area contributed by atoms with Gasteiger partial charge in [0, 0.05) is 18.1 Å². The normalized spacial score (nSPS) is 11.0. The van der Waals surface area contributed by atoms with E-state index >= 15 is 0 Å². The SMILES string of the molecule is CCN(CC)C(=O)CSc1ncnc2c1nnn2-c1cccc(Cl)c1. The Morgan fingerprint density at radius 2 is 2.08 bits per heavy atom. The highest BCUT2D eigenvalue weighted by molar-refractivity contribution is 8.00. The van der Waals surface area contributed by atoms with Crippen LogP contribution in [-0.4, -0.2) is 54.6 Å². The van der Waals surface area contributed by atoms with Gasteiger partial charge in [0.2, 0.25) is 5.91 Å². The van der Waals surface area contributed by atoms with Gasteiger partial charge >= 0.3 is 0 Å². The van der Waals surface area contributed by atoms with Gasteiger partial charge in [0.25, 0.3) is 0 Å². The van der Waals surface area contributed by atoms with E-state index in [2.05, 4.69) is 20.3 Å². The number of nitrogens with zero attached hydrogens (tertiary/aromatic N) is 6. The fourth-order valence-corrected chi connectivity index (χ4v) is 3.43. The molecule has 0 bridgehead atoms. The Bertz CT molecular complexity index is 895. The molecule has 0 aliphatic rings. The summed E-state index contributed by atoms with van der Waals surface area (Å²) in [5.41, 5.74) is 1.92. The average molecular weight is 377 g/mol. The summed E-state index contributed by atoms with van der Waals surface area (Å²) in [6.45, 7) is 5.32. The van der Waals surface area contributed by atoms with E-state index in [9.17, 15) is 4.79 Å². The highest BCUT2D eigenvalue weighted by Gasteiger charge is 2.16. The van der Waals surface area contributed by atoms with Crippen molar-refractivity contribution in [3.63, 3.8) is 0 Å².